The van der Waals surface area contributed by atoms with Crippen LogP contribution in [0.15, 0.2) is 30.3 Å². The molecule has 1 aromatic heterocycles. The Morgan fingerprint density at radius 1 is 1.18 bits per heavy atom. The van der Waals surface area contributed by atoms with Crippen molar-refractivity contribution in [3.05, 3.63) is 45.9 Å². The van der Waals surface area contributed by atoms with Crippen molar-refractivity contribution in [2.75, 3.05) is 18.4 Å². The van der Waals surface area contributed by atoms with Crippen LogP contribution in [-0.4, -0.2) is 34.8 Å². The topological polar surface area (TPSA) is 62.3 Å². The SMILES string of the molecule is CC(=O)N1CCc2nc(C(=O)Nc3ccccc3)sc2CC1. The van der Waals surface area contributed by atoms with E-state index < -0.39 is 0 Å². The first-order valence-electron chi connectivity index (χ1n) is 7.24. The smallest absolute Gasteiger partial charge is 0.284 e. The first-order chi connectivity index (χ1) is 10.6. The monoisotopic (exact) mass is 315 g/mol. The van der Waals surface area contributed by atoms with Crippen LogP contribution in [0.3, 0.4) is 0 Å². The van der Waals surface area contributed by atoms with Gasteiger partial charge < -0.3 is 10.2 Å². The Labute approximate surface area is 133 Å². The predicted molar refractivity (Wildman–Crippen MR) is 86.2 cm³/mol. The third-order valence-electron chi connectivity index (χ3n) is 3.68. The summed E-state index contributed by atoms with van der Waals surface area (Å²) >= 11 is 1.43. The van der Waals surface area contributed by atoms with E-state index in [9.17, 15) is 9.59 Å². The second-order valence-corrected chi connectivity index (χ2v) is 6.30. The zero-order valence-corrected chi connectivity index (χ0v) is 13.2. The lowest BCUT2D eigenvalue weighted by molar-refractivity contribution is -0.128. The summed E-state index contributed by atoms with van der Waals surface area (Å²) in [5, 5.41) is 3.35. The molecule has 0 aliphatic carbocycles. The predicted octanol–water partition coefficient (Wildman–Crippen LogP) is 2.34. The van der Waals surface area contributed by atoms with Gasteiger partial charge in [-0.25, -0.2) is 4.98 Å². The zero-order chi connectivity index (χ0) is 15.5. The van der Waals surface area contributed by atoms with Crippen molar-refractivity contribution in [3.63, 3.8) is 0 Å². The molecule has 0 saturated carbocycles. The van der Waals surface area contributed by atoms with Crippen LogP contribution >= 0.6 is 11.3 Å². The maximum Gasteiger partial charge on any atom is 0.284 e. The molecule has 1 N–H and O–H groups in total. The summed E-state index contributed by atoms with van der Waals surface area (Å²) in [4.78, 5) is 31.1. The first kappa shape index (κ1) is 14.7. The normalized spacial score (nSPS) is 14.1. The van der Waals surface area contributed by atoms with E-state index in [0.29, 0.717) is 24.5 Å². The molecule has 3 rings (SSSR count). The molecule has 1 aliphatic rings. The number of para-hydroxylation sites is 1. The van der Waals surface area contributed by atoms with E-state index in [1.165, 1.54) is 11.3 Å². The molecular formula is C16H17N3O2S. The summed E-state index contributed by atoms with van der Waals surface area (Å²) in [5.74, 6) is -0.0788. The Morgan fingerprint density at radius 2 is 1.91 bits per heavy atom. The number of carbonyl (C=O) groups excluding carboxylic acids is 2. The van der Waals surface area contributed by atoms with Crippen LogP contribution < -0.4 is 5.32 Å². The van der Waals surface area contributed by atoms with E-state index >= 15 is 0 Å². The number of benzene rings is 1. The average molecular weight is 315 g/mol. The highest BCUT2D eigenvalue weighted by atomic mass is 32.1. The van der Waals surface area contributed by atoms with Gasteiger partial charge in [0.05, 0.1) is 5.69 Å². The number of hydrogen-bond acceptors (Lipinski definition) is 4. The summed E-state index contributed by atoms with van der Waals surface area (Å²) in [6.45, 7) is 2.96. The molecule has 2 amide bonds. The van der Waals surface area contributed by atoms with Crippen molar-refractivity contribution in [2.45, 2.75) is 19.8 Å². The molecule has 2 heterocycles. The fourth-order valence-electron chi connectivity index (χ4n) is 2.48. The highest BCUT2D eigenvalue weighted by Gasteiger charge is 2.21. The lowest BCUT2D eigenvalue weighted by Crippen LogP contribution is -2.31. The third kappa shape index (κ3) is 3.17. The maximum absolute atomic E-state index is 12.3. The zero-order valence-electron chi connectivity index (χ0n) is 12.3. The minimum absolute atomic E-state index is 0.0946. The number of anilines is 1. The van der Waals surface area contributed by atoms with Gasteiger partial charge in [-0.15, -0.1) is 11.3 Å². The highest BCUT2D eigenvalue weighted by molar-refractivity contribution is 7.13. The molecule has 2 aromatic rings. The van der Waals surface area contributed by atoms with Gasteiger partial charge in [-0.05, 0) is 12.1 Å². The molecule has 0 fully saturated rings. The number of amides is 2. The Kier molecular flexibility index (Phi) is 4.20. The molecular weight excluding hydrogens is 298 g/mol. The number of nitrogens with zero attached hydrogens (tertiary/aromatic N) is 2. The number of carbonyl (C=O) groups is 2. The van der Waals surface area contributed by atoms with E-state index in [4.69, 9.17) is 0 Å². The van der Waals surface area contributed by atoms with Gasteiger partial charge in [0.15, 0.2) is 5.01 Å². The van der Waals surface area contributed by atoms with Crippen molar-refractivity contribution in [1.82, 2.24) is 9.88 Å². The number of rotatable bonds is 2. The first-order valence-corrected chi connectivity index (χ1v) is 8.05. The van der Waals surface area contributed by atoms with Gasteiger partial charge >= 0.3 is 0 Å². The van der Waals surface area contributed by atoms with E-state index in [0.717, 1.165) is 22.7 Å². The fraction of sp³-hybridized carbons (Fsp3) is 0.312. The summed E-state index contributed by atoms with van der Waals surface area (Å²) < 4.78 is 0. The molecule has 6 heteroatoms. The minimum atomic E-state index is -0.173. The van der Waals surface area contributed by atoms with Crippen LogP contribution in [0.4, 0.5) is 5.69 Å². The minimum Gasteiger partial charge on any atom is -0.342 e. The van der Waals surface area contributed by atoms with Crippen LogP contribution in [-0.2, 0) is 17.6 Å². The molecule has 114 valence electrons. The summed E-state index contributed by atoms with van der Waals surface area (Å²) in [6.07, 6.45) is 1.48. The van der Waals surface area contributed by atoms with Gasteiger partial charge in [0.2, 0.25) is 5.91 Å². The lowest BCUT2D eigenvalue weighted by atomic mass is 10.2. The van der Waals surface area contributed by atoms with Crippen LogP contribution in [0, 0.1) is 0 Å². The van der Waals surface area contributed by atoms with E-state index in [1.807, 2.05) is 35.2 Å². The number of thiazole rings is 1. The number of hydrogen-bond donors (Lipinski definition) is 1. The van der Waals surface area contributed by atoms with Crippen molar-refractivity contribution in [2.24, 2.45) is 0 Å². The van der Waals surface area contributed by atoms with Gasteiger partial charge in [-0.2, -0.15) is 0 Å². The van der Waals surface area contributed by atoms with Gasteiger partial charge in [-0.3, -0.25) is 9.59 Å². The van der Waals surface area contributed by atoms with E-state index in [2.05, 4.69) is 10.3 Å². The van der Waals surface area contributed by atoms with E-state index in [-0.39, 0.29) is 11.8 Å². The molecule has 1 aliphatic heterocycles. The molecule has 0 atom stereocenters. The number of nitrogens with one attached hydrogen (secondary N) is 1. The maximum atomic E-state index is 12.3. The largest absolute Gasteiger partial charge is 0.342 e. The molecule has 0 bridgehead atoms. The molecule has 0 radical (unpaired) electrons. The van der Waals surface area contributed by atoms with Crippen molar-refractivity contribution >= 4 is 28.8 Å². The number of fused-ring (bicyclic) bond motifs is 1. The van der Waals surface area contributed by atoms with Crippen molar-refractivity contribution < 1.29 is 9.59 Å². The second-order valence-electron chi connectivity index (χ2n) is 5.22. The van der Waals surface area contributed by atoms with Crippen molar-refractivity contribution in [3.8, 4) is 0 Å². The summed E-state index contributed by atoms with van der Waals surface area (Å²) in [5.41, 5.74) is 1.72. The molecule has 1 aromatic carbocycles. The highest BCUT2D eigenvalue weighted by Crippen LogP contribution is 2.23. The van der Waals surface area contributed by atoms with Gasteiger partial charge in [0, 0.05) is 43.4 Å². The quantitative estimate of drug-likeness (QED) is 0.925. The standard InChI is InChI=1S/C16H17N3O2S/c1-11(20)19-9-7-13-14(8-10-19)22-16(18-13)15(21)17-12-5-3-2-4-6-12/h2-6H,7-10H2,1H3,(H,17,21). The fourth-order valence-corrected chi connectivity index (χ4v) is 3.47. The van der Waals surface area contributed by atoms with Crippen LogP contribution in [0.5, 0.6) is 0 Å². The molecule has 0 saturated heterocycles. The molecule has 0 unspecified atom stereocenters. The second kappa shape index (κ2) is 6.27. The van der Waals surface area contributed by atoms with Gasteiger partial charge in [-0.1, -0.05) is 18.2 Å². The summed E-state index contributed by atoms with van der Waals surface area (Å²) in [7, 11) is 0. The van der Waals surface area contributed by atoms with Crippen molar-refractivity contribution in [1.29, 1.82) is 0 Å². The van der Waals surface area contributed by atoms with Gasteiger partial charge in [0.25, 0.3) is 5.91 Å². The Balaban J connectivity index is 1.72. The Bertz CT molecular complexity index is 671. The average Bonchev–Trinajstić information content (AvgIpc) is 2.81. The van der Waals surface area contributed by atoms with E-state index in [1.54, 1.807) is 6.92 Å². The van der Waals surface area contributed by atoms with Gasteiger partial charge in [0.1, 0.15) is 0 Å². The Hall–Kier alpha value is -2.21. The van der Waals surface area contributed by atoms with Crippen LogP contribution in [0.25, 0.3) is 0 Å². The summed E-state index contributed by atoms with van der Waals surface area (Å²) in [6, 6.07) is 9.36. The third-order valence-corrected chi connectivity index (χ3v) is 4.83. The van der Waals surface area contributed by atoms with Crippen LogP contribution in [0.1, 0.15) is 27.3 Å². The molecule has 5 nitrogen and oxygen atoms in total. The number of aromatic nitrogens is 1. The lowest BCUT2D eigenvalue weighted by Gasteiger charge is -2.17. The van der Waals surface area contributed by atoms with Crippen LogP contribution in [0.2, 0.25) is 0 Å². The molecule has 0 spiro atoms. The molecule has 22 heavy (non-hydrogen) atoms. The Morgan fingerprint density at radius 3 is 2.64 bits per heavy atom.